The predicted octanol–water partition coefficient (Wildman–Crippen LogP) is 3.56. The zero-order valence-electron chi connectivity index (χ0n) is 15.5. The molecule has 6 heteroatoms. The van der Waals surface area contributed by atoms with Crippen molar-refractivity contribution in [2.45, 2.75) is 26.2 Å². The summed E-state index contributed by atoms with van der Waals surface area (Å²) in [5, 5.41) is 8.03. The first kappa shape index (κ1) is 17.9. The Bertz CT molecular complexity index is 900. The van der Waals surface area contributed by atoms with Crippen molar-refractivity contribution in [3.8, 4) is 17.0 Å². The molecule has 1 aromatic carbocycles. The Morgan fingerprint density at radius 1 is 1.23 bits per heavy atom. The first-order valence-corrected chi connectivity index (χ1v) is 8.89. The second kappa shape index (κ2) is 7.99. The molecule has 1 N–H and O–H groups in total. The second-order valence-corrected chi connectivity index (χ2v) is 6.25. The van der Waals surface area contributed by atoms with E-state index in [2.05, 4.69) is 17.3 Å². The normalized spacial score (nSPS) is 10.9. The summed E-state index contributed by atoms with van der Waals surface area (Å²) in [5.41, 5.74) is 2.96. The number of carbonyl (C=O) groups is 1. The number of nitrogens with one attached hydrogen (secondary N) is 1. The van der Waals surface area contributed by atoms with Crippen LogP contribution in [0, 0.1) is 0 Å². The molecule has 0 unspecified atom stereocenters. The third-order valence-electron chi connectivity index (χ3n) is 4.40. The molecule has 0 radical (unpaired) electrons. The van der Waals surface area contributed by atoms with E-state index in [9.17, 15) is 4.79 Å². The average Bonchev–Trinajstić information content (AvgIpc) is 3.05. The molecule has 0 fully saturated rings. The molecule has 0 saturated heterocycles. The van der Waals surface area contributed by atoms with Crippen LogP contribution in [0.4, 0.5) is 0 Å². The first-order valence-electron chi connectivity index (χ1n) is 8.89. The maximum atomic E-state index is 12.7. The van der Waals surface area contributed by atoms with E-state index in [-0.39, 0.29) is 5.91 Å². The molecule has 0 saturated carbocycles. The third kappa shape index (κ3) is 3.69. The van der Waals surface area contributed by atoms with Gasteiger partial charge < -0.3 is 10.1 Å². The van der Waals surface area contributed by atoms with Gasteiger partial charge in [0, 0.05) is 19.2 Å². The Kier molecular flexibility index (Phi) is 5.51. The van der Waals surface area contributed by atoms with E-state index in [1.807, 2.05) is 37.4 Å². The van der Waals surface area contributed by atoms with Crippen LogP contribution in [0.1, 0.15) is 36.5 Å². The van der Waals surface area contributed by atoms with Crippen molar-refractivity contribution in [3.05, 3.63) is 42.1 Å². The Balaban J connectivity index is 1.97. The van der Waals surface area contributed by atoms with Crippen LogP contribution >= 0.6 is 0 Å². The molecule has 136 valence electrons. The average molecular weight is 352 g/mol. The van der Waals surface area contributed by atoms with Gasteiger partial charge in [-0.1, -0.05) is 19.8 Å². The van der Waals surface area contributed by atoms with Gasteiger partial charge in [-0.05, 0) is 36.8 Å². The van der Waals surface area contributed by atoms with Crippen molar-refractivity contribution >= 4 is 16.9 Å². The van der Waals surface area contributed by atoms with Crippen molar-refractivity contribution in [2.75, 3.05) is 13.7 Å². The van der Waals surface area contributed by atoms with Gasteiger partial charge in [-0.25, -0.2) is 4.98 Å². The second-order valence-electron chi connectivity index (χ2n) is 6.25. The monoisotopic (exact) mass is 352 g/mol. The van der Waals surface area contributed by atoms with E-state index >= 15 is 0 Å². The summed E-state index contributed by atoms with van der Waals surface area (Å²) in [6.07, 6.45) is 4.91. The summed E-state index contributed by atoms with van der Waals surface area (Å²) in [7, 11) is 3.46. The Labute approximate surface area is 153 Å². The highest BCUT2D eigenvalue weighted by Gasteiger charge is 2.16. The van der Waals surface area contributed by atoms with Crippen LogP contribution in [0.25, 0.3) is 22.3 Å². The quantitative estimate of drug-likeness (QED) is 0.660. The fourth-order valence-electron chi connectivity index (χ4n) is 2.88. The summed E-state index contributed by atoms with van der Waals surface area (Å²) < 4.78 is 6.90. The first-order chi connectivity index (χ1) is 12.6. The van der Waals surface area contributed by atoms with Crippen molar-refractivity contribution in [2.24, 2.45) is 7.05 Å². The number of aryl methyl sites for hydroxylation is 1. The summed E-state index contributed by atoms with van der Waals surface area (Å²) >= 11 is 0. The van der Waals surface area contributed by atoms with E-state index in [1.165, 1.54) is 0 Å². The van der Waals surface area contributed by atoms with Crippen LogP contribution in [0.2, 0.25) is 0 Å². The van der Waals surface area contributed by atoms with E-state index in [0.717, 1.165) is 41.7 Å². The summed E-state index contributed by atoms with van der Waals surface area (Å²) in [6, 6.07) is 9.48. The topological polar surface area (TPSA) is 69.0 Å². The smallest absolute Gasteiger partial charge is 0.252 e. The molecule has 3 rings (SSSR count). The number of unbranched alkanes of at least 4 members (excludes halogenated alkanes) is 2. The van der Waals surface area contributed by atoms with Crippen LogP contribution in [-0.4, -0.2) is 34.3 Å². The van der Waals surface area contributed by atoms with Gasteiger partial charge in [0.15, 0.2) is 5.65 Å². The number of ether oxygens (including phenoxy) is 1. The van der Waals surface area contributed by atoms with Crippen LogP contribution < -0.4 is 10.1 Å². The molecule has 0 bridgehead atoms. The summed E-state index contributed by atoms with van der Waals surface area (Å²) in [6.45, 7) is 2.82. The lowest BCUT2D eigenvalue weighted by atomic mass is 10.1. The van der Waals surface area contributed by atoms with Gasteiger partial charge in [0.05, 0.1) is 30.0 Å². The van der Waals surface area contributed by atoms with Crippen molar-refractivity contribution in [3.63, 3.8) is 0 Å². The highest BCUT2D eigenvalue weighted by atomic mass is 16.5. The van der Waals surface area contributed by atoms with E-state index < -0.39 is 0 Å². The van der Waals surface area contributed by atoms with Crippen molar-refractivity contribution < 1.29 is 9.53 Å². The Hall–Kier alpha value is -2.89. The van der Waals surface area contributed by atoms with Crippen molar-refractivity contribution in [1.82, 2.24) is 20.1 Å². The highest BCUT2D eigenvalue weighted by Crippen LogP contribution is 2.26. The Morgan fingerprint density at radius 3 is 2.69 bits per heavy atom. The number of hydrogen-bond donors (Lipinski definition) is 1. The number of nitrogens with zero attached hydrogens (tertiary/aromatic N) is 3. The van der Waals surface area contributed by atoms with Gasteiger partial charge in [0.2, 0.25) is 0 Å². The lowest BCUT2D eigenvalue weighted by Crippen LogP contribution is -2.24. The van der Waals surface area contributed by atoms with Crippen LogP contribution in [0.3, 0.4) is 0 Å². The summed E-state index contributed by atoms with van der Waals surface area (Å²) in [4.78, 5) is 17.4. The van der Waals surface area contributed by atoms with Gasteiger partial charge in [0.25, 0.3) is 5.91 Å². The SMILES string of the molecule is CCCCCNC(=O)c1cc(-c2ccc(OC)cc2)nc2c1cnn2C. The molecule has 26 heavy (non-hydrogen) atoms. The number of fused-ring (bicyclic) bond motifs is 1. The zero-order valence-corrected chi connectivity index (χ0v) is 15.5. The molecule has 0 aliphatic rings. The molecule has 0 aliphatic heterocycles. The van der Waals surface area contributed by atoms with Gasteiger partial charge >= 0.3 is 0 Å². The number of benzene rings is 1. The van der Waals surface area contributed by atoms with E-state index in [0.29, 0.717) is 17.8 Å². The minimum atomic E-state index is -0.0868. The highest BCUT2D eigenvalue weighted by molar-refractivity contribution is 6.06. The number of hydrogen-bond acceptors (Lipinski definition) is 4. The predicted molar refractivity (Wildman–Crippen MR) is 102 cm³/mol. The van der Waals surface area contributed by atoms with Crippen LogP contribution in [0.5, 0.6) is 5.75 Å². The van der Waals surface area contributed by atoms with Gasteiger partial charge in [-0.2, -0.15) is 5.10 Å². The molecule has 0 spiro atoms. The lowest BCUT2D eigenvalue weighted by molar-refractivity contribution is 0.0954. The Morgan fingerprint density at radius 2 is 2.00 bits per heavy atom. The van der Waals surface area contributed by atoms with Gasteiger partial charge in [-0.15, -0.1) is 0 Å². The van der Waals surface area contributed by atoms with Gasteiger partial charge in [0.1, 0.15) is 5.75 Å². The fourth-order valence-corrected chi connectivity index (χ4v) is 2.88. The molecule has 1 amide bonds. The van der Waals surface area contributed by atoms with Crippen LogP contribution in [0.15, 0.2) is 36.5 Å². The van der Waals surface area contributed by atoms with Gasteiger partial charge in [-0.3, -0.25) is 9.48 Å². The molecule has 6 nitrogen and oxygen atoms in total. The standard InChI is InChI=1S/C20H24N4O2/c1-4-5-6-11-21-20(25)16-12-18(14-7-9-15(26-3)10-8-14)23-19-17(16)13-22-24(19)2/h7-10,12-13H,4-6,11H2,1-3H3,(H,21,25). The minimum Gasteiger partial charge on any atom is -0.497 e. The van der Waals surface area contributed by atoms with E-state index in [4.69, 9.17) is 9.72 Å². The molecular formula is C20H24N4O2. The molecular weight excluding hydrogens is 328 g/mol. The number of methoxy groups -OCH3 is 1. The van der Waals surface area contributed by atoms with E-state index in [1.54, 1.807) is 18.0 Å². The number of carbonyl (C=O) groups excluding carboxylic acids is 1. The minimum absolute atomic E-state index is 0.0868. The maximum absolute atomic E-state index is 12.7. The number of aromatic nitrogens is 3. The molecule has 2 aromatic heterocycles. The van der Waals surface area contributed by atoms with Crippen molar-refractivity contribution in [1.29, 1.82) is 0 Å². The zero-order chi connectivity index (χ0) is 18.5. The fraction of sp³-hybridized carbons (Fsp3) is 0.350. The number of pyridine rings is 1. The molecule has 0 atom stereocenters. The number of rotatable bonds is 7. The largest absolute Gasteiger partial charge is 0.497 e. The lowest BCUT2D eigenvalue weighted by Gasteiger charge is -2.09. The molecule has 2 heterocycles. The molecule has 3 aromatic rings. The maximum Gasteiger partial charge on any atom is 0.252 e. The van der Waals surface area contributed by atoms with Crippen LogP contribution in [-0.2, 0) is 7.05 Å². The molecule has 0 aliphatic carbocycles. The number of amides is 1. The summed E-state index contributed by atoms with van der Waals surface area (Å²) in [5.74, 6) is 0.695. The third-order valence-corrected chi connectivity index (χ3v) is 4.40.